The standard InChI is InChI=1S/C26H32N4O4/c1-4-5-19-14-17(6-9-23(19)34-3)16-27-24-21-15-20(33-2)7-8-22(21)28-26(29-24)30-12-10-18(11-13-30)25(31)32/h6-9,14-15,18H,4-5,10-13,16H2,1-3H3,(H,31,32)(H,27,28,29). The van der Waals surface area contributed by atoms with Crippen LogP contribution < -0.4 is 19.7 Å². The molecule has 3 aromatic rings. The van der Waals surface area contributed by atoms with Gasteiger partial charge in [-0.1, -0.05) is 25.5 Å². The number of fused-ring (bicyclic) bond motifs is 1. The second kappa shape index (κ2) is 10.6. The van der Waals surface area contributed by atoms with Crippen molar-refractivity contribution in [1.29, 1.82) is 0 Å². The molecule has 0 saturated carbocycles. The molecular weight excluding hydrogens is 432 g/mol. The predicted molar refractivity (Wildman–Crippen MR) is 133 cm³/mol. The van der Waals surface area contributed by atoms with E-state index in [1.165, 1.54) is 5.56 Å². The third-order valence-corrected chi connectivity index (χ3v) is 6.34. The van der Waals surface area contributed by atoms with E-state index in [2.05, 4.69) is 29.3 Å². The average Bonchev–Trinajstić information content (AvgIpc) is 2.87. The summed E-state index contributed by atoms with van der Waals surface area (Å²) in [6.07, 6.45) is 3.19. The summed E-state index contributed by atoms with van der Waals surface area (Å²) in [6, 6.07) is 12.0. The lowest BCUT2D eigenvalue weighted by Gasteiger charge is -2.30. The number of aromatic nitrogens is 2. The molecule has 1 aliphatic heterocycles. The normalized spacial score (nSPS) is 14.3. The van der Waals surface area contributed by atoms with Gasteiger partial charge >= 0.3 is 5.97 Å². The number of hydrogen-bond acceptors (Lipinski definition) is 7. The van der Waals surface area contributed by atoms with E-state index in [-0.39, 0.29) is 5.92 Å². The van der Waals surface area contributed by atoms with E-state index in [9.17, 15) is 9.90 Å². The van der Waals surface area contributed by atoms with Crippen molar-refractivity contribution in [2.24, 2.45) is 5.92 Å². The molecule has 0 spiro atoms. The van der Waals surface area contributed by atoms with E-state index >= 15 is 0 Å². The fraction of sp³-hybridized carbons (Fsp3) is 0.423. The maximum atomic E-state index is 11.3. The van der Waals surface area contributed by atoms with E-state index in [0.29, 0.717) is 38.4 Å². The van der Waals surface area contributed by atoms with E-state index in [0.717, 1.165) is 46.6 Å². The molecule has 1 saturated heterocycles. The Bertz CT molecular complexity index is 1160. The van der Waals surface area contributed by atoms with Crippen LogP contribution in [0.1, 0.15) is 37.3 Å². The molecule has 0 bridgehead atoms. The van der Waals surface area contributed by atoms with Crippen molar-refractivity contribution in [2.45, 2.75) is 39.2 Å². The molecule has 8 heteroatoms. The van der Waals surface area contributed by atoms with Crippen molar-refractivity contribution in [2.75, 3.05) is 37.5 Å². The number of anilines is 2. The van der Waals surface area contributed by atoms with Crippen molar-refractivity contribution >= 4 is 28.6 Å². The number of rotatable bonds is 9. The Morgan fingerprint density at radius 1 is 1.12 bits per heavy atom. The van der Waals surface area contributed by atoms with Gasteiger partial charge in [-0.2, -0.15) is 4.98 Å². The van der Waals surface area contributed by atoms with Crippen LogP contribution in [0.15, 0.2) is 36.4 Å². The zero-order valence-electron chi connectivity index (χ0n) is 20.0. The number of nitrogens with one attached hydrogen (secondary N) is 1. The molecule has 0 amide bonds. The summed E-state index contributed by atoms with van der Waals surface area (Å²) in [4.78, 5) is 23.0. The number of carboxylic acids is 1. The van der Waals surface area contributed by atoms with Gasteiger partial charge in [-0.3, -0.25) is 4.79 Å². The minimum absolute atomic E-state index is 0.300. The summed E-state index contributed by atoms with van der Waals surface area (Å²) >= 11 is 0. The Balaban J connectivity index is 1.62. The first-order chi connectivity index (χ1) is 16.5. The lowest BCUT2D eigenvalue weighted by atomic mass is 9.97. The van der Waals surface area contributed by atoms with Crippen molar-refractivity contribution in [3.05, 3.63) is 47.5 Å². The third-order valence-electron chi connectivity index (χ3n) is 6.34. The fourth-order valence-electron chi connectivity index (χ4n) is 4.42. The largest absolute Gasteiger partial charge is 0.497 e. The van der Waals surface area contributed by atoms with Gasteiger partial charge in [-0.25, -0.2) is 4.98 Å². The topological polar surface area (TPSA) is 96.8 Å². The molecule has 8 nitrogen and oxygen atoms in total. The summed E-state index contributed by atoms with van der Waals surface area (Å²) in [5.74, 6) is 1.97. The number of carbonyl (C=O) groups is 1. The minimum atomic E-state index is -0.726. The first kappa shape index (κ1) is 23.6. The lowest BCUT2D eigenvalue weighted by molar-refractivity contribution is -0.142. The Hall–Kier alpha value is -3.55. The number of methoxy groups -OCH3 is 2. The number of ether oxygens (including phenoxy) is 2. The molecule has 0 radical (unpaired) electrons. The monoisotopic (exact) mass is 464 g/mol. The van der Waals surface area contributed by atoms with Gasteiger partial charge in [0.25, 0.3) is 0 Å². The number of carboxylic acid groups (broad SMARTS) is 1. The number of piperidine rings is 1. The molecule has 34 heavy (non-hydrogen) atoms. The fourth-order valence-corrected chi connectivity index (χ4v) is 4.42. The zero-order valence-corrected chi connectivity index (χ0v) is 20.0. The predicted octanol–water partition coefficient (Wildman–Crippen LogP) is 4.51. The number of aliphatic carboxylic acids is 1. The molecule has 1 fully saturated rings. The van der Waals surface area contributed by atoms with Gasteiger partial charge in [0.2, 0.25) is 5.95 Å². The molecule has 0 atom stereocenters. The van der Waals surface area contributed by atoms with Crippen molar-refractivity contribution in [3.8, 4) is 11.5 Å². The van der Waals surface area contributed by atoms with Crippen LogP contribution in [-0.2, 0) is 17.8 Å². The SMILES string of the molecule is CCCc1cc(CNc2nc(N3CCC(C(=O)O)CC3)nc3ccc(OC)cc23)ccc1OC. The molecule has 4 rings (SSSR count). The number of nitrogens with zero attached hydrogens (tertiary/aromatic N) is 3. The van der Waals surface area contributed by atoms with Crippen molar-refractivity contribution in [3.63, 3.8) is 0 Å². The van der Waals surface area contributed by atoms with Gasteiger partial charge in [-0.15, -0.1) is 0 Å². The number of benzene rings is 2. The van der Waals surface area contributed by atoms with Gasteiger partial charge in [0.05, 0.1) is 25.7 Å². The highest BCUT2D eigenvalue weighted by molar-refractivity contribution is 5.91. The summed E-state index contributed by atoms with van der Waals surface area (Å²) < 4.78 is 10.9. The second-order valence-electron chi connectivity index (χ2n) is 8.60. The molecule has 2 heterocycles. The van der Waals surface area contributed by atoms with Crippen LogP contribution in [0.2, 0.25) is 0 Å². The highest BCUT2D eigenvalue weighted by atomic mass is 16.5. The van der Waals surface area contributed by atoms with Crippen LogP contribution in [0.4, 0.5) is 11.8 Å². The smallest absolute Gasteiger partial charge is 0.306 e. The van der Waals surface area contributed by atoms with Crippen LogP contribution in [-0.4, -0.2) is 48.4 Å². The molecule has 2 aromatic carbocycles. The number of aryl methyl sites for hydroxylation is 1. The molecule has 180 valence electrons. The van der Waals surface area contributed by atoms with Crippen LogP contribution in [0, 0.1) is 5.92 Å². The lowest BCUT2D eigenvalue weighted by Crippen LogP contribution is -2.37. The molecule has 0 aliphatic carbocycles. The van der Waals surface area contributed by atoms with Gasteiger partial charge < -0.3 is 24.8 Å². The summed E-state index contributed by atoms with van der Waals surface area (Å²) in [7, 11) is 3.34. The zero-order chi connectivity index (χ0) is 24.1. The van der Waals surface area contributed by atoms with Crippen molar-refractivity contribution in [1.82, 2.24) is 9.97 Å². The van der Waals surface area contributed by atoms with Crippen LogP contribution in [0.5, 0.6) is 11.5 Å². The summed E-state index contributed by atoms with van der Waals surface area (Å²) in [5.41, 5.74) is 3.15. The average molecular weight is 465 g/mol. The Morgan fingerprint density at radius 3 is 2.59 bits per heavy atom. The van der Waals surface area contributed by atoms with Gasteiger partial charge in [0.1, 0.15) is 17.3 Å². The van der Waals surface area contributed by atoms with Crippen molar-refractivity contribution < 1.29 is 19.4 Å². The summed E-state index contributed by atoms with van der Waals surface area (Å²) in [6.45, 7) is 4.00. The Labute approximate surface area is 199 Å². The Morgan fingerprint density at radius 2 is 1.91 bits per heavy atom. The van der Waals surface area contributed by atoms with Gasteiger partial charge in [0.15, 0.2) is 0 Å². The van der Waals surface area contributed by atoms with Crippen LogP contribution in [0.3, 0.4) is 0 Å². The summed E-state index contributed by atoms with van der Waals surface area (Å²) in [5, 5.41) is 13.7. The van der Waals surface area contributed by atoms with Crippen LogP contribution in [0.25, 0.3) is 10.9 Å². The molecule has 1 aromatic heterocycles. The molecule has 2 N–H and O–H groups in total. The highest BCUT2D eigenvalue weighted by Crippen LogP contribution is 2.30. The van der Waals surface area contributed by atoms with Gasteiger partial charge in [-0.05, 0) is 54.7 Å². The first-order valence-corrected chi connectivity index (χ1v) is 11.8. The van der Waals surface area contributed by atoms with E-state index in [4.69, 9.17) is 19.4 Å². The molecule has 1 aliphatic rings. The minimum Gasteiger partial charge on any atom is -0.497 e. The second-order valence-corrected chi connectivity index (χ2v) is 8.60. The molecular formula is C26H32N4O4. The van der Waals surface area contributed by atoms with E-state index < -0.39 is 5.97 Å². The van der Waals surface area contributed by atoms with E-state index in [1.807, 2.05) is 24.3 Å². The quantitative estimate of drug-likeness (QED) is 0.477. The molecule has 0 unspecified atom stereocenters. The first-order valence-electron chi connectivity index (χ1n) is 11.8. The maximum absolute atomic E-state index is 11.3. The van der Waals surface area contributed by atoms with Crippen LogP contribution >= 0.6 is 0 Å². The third kappa shape index (κ3) is 5.16. The highest BCUT2D eigenvalue weighted by Gasteiger charge is 2.26. The van der Waals surface area contributed by atoms with E-state index in [1.54, 1.807) is 14.2 Å². The maximum Gasteiger partial charge on any atom is 0.306 e. The van der Waals surface area contributed by atoms with Gasteiger partial charge in [0, 0.05) is 25.0 Å². The Kier molecular flexibility index (Phi) is 7.35. The number of hydrogen-bond donors (Lipinski definition) is 2.